The normalized spacial score (nSPS) is 14.6. The summed E-state index contributed by atoms with van der Waals surface area (Å²) in [4.78, 5) is 0. The molecule has 1 N–H and O–H groups in total. The Kier molecular flexibility index (Phi) is 5.12. The van der Waals surface area contributed by atoms with Crippen LogP contribution in [-0.2, 0) is 0 Å². The first-order chi connectivity index (χ1) is 14.7. The van der Waals surface area contributed by atoms with Crippen LogP contribution in [0, 0.1) is 13.8 Å². The van der Waals surface area contributed by atoms with E-state index in [0.29, 0.717) is 0 Å². The smallest absolute Gasteiger partial charge is 0.0352 e. The van der Waals surface area contributed by atoms with Crippen LogP contribution >= 0.6 is 15.9 Å². The molecule has 0 aliphatic heterocycles. The summed E-state index contributed by atoms with van der Waals surface area (Å²) >= 11 is 3.50. The Balaban J connectivity index is 1.66. The first-order valence-corrected chi connectivity index (χ1v) is 11.8. The summed E-state index contributed by atoms with van der Waals surface area (Å²) in [5.74, 6) is 0.287. The van der Waals surface area contributed by atoms with Crippen molar-refractivity contribution in [1.82, 2.24) is 0 Å². The average Bonchev–Trinajstić information content (AvgIpc) is 3.08. The second-order valence-electron chi connectivity index (χ2n) is 8.32. The Labute approximate surface area is 187 Å². The van der Waals surface area contributed by atoms with E-state index < -0.39 is 0 Å². The Hall–Kier alpha value is -2.58. The third kappa shape index (κ3) is 3.24. The molecule has 0 fully saturated rings. The molecular weight excluding hydrogens is 430 g/mol. The first kappa shape index (κ1) is 19.4. The molecule has 0 heterocycles. The predicted molar refractivity (Wildman–Crippen MR) is 133 cm³/mol. The highest BCUT2D eigenvalue weighted by atomic mass is 79.9. The van der Waals surface area contributed by atoms with E-state index in [-0.39, 0.29) is 5.92 Å². The van der Waals surface area contributed by atoms with Crippen molar-refractivity contribution in [1.29, 1.82) is 0 Å². The first-order valence-electron chi connectivity index (χ1n) is 10.7. The third-order valence-electron chi connectivity index (χ3n) is 6.26. The lowest BCUT2D eigenvalue weighted by Crippen LogP contribution is -2.03. The van der Waals surface area contributed by atoms with Crippen LogP contribution in [0.4, 0.5) is 5.69 Å². The molecule has 30 heavy (non-hydrogen) atoms. The molecule has 2 heteroatoms. The molecule has 0 aromatic heterocycles. The lowest BCUT2D eigenvalue weighted by molar-refractivity contribution is 0.992. The molecule has 4 aromatic rings. The van der Waals surface area contributed by atoms with Crippen molar-refractivity contribution in [3.05, 3.63) is 101 Å². The summed E-state index contributed by atoms with van der Waals surface area (Å²) in [5, 5.41) is 7.27. The number of hydrogen-bond donors (Lipinski definition) is 1. The molecule has 5 rings (SSSR count). The zero-order valence-corrected chi connectivity index (χ0v) is 19.1. The number of nitrogens with one attached hydrogen (secondary N) is 1. The Morgan fingerprint density at radius 1 is 0.833 bits per heavy atom. The van der Waals surface area contributed by atoms with Gasteiger partial charge in [0.2, 0.25) is 0 Å². The molecule has 0 spiro atoms. The van der Waals surface area contributed by atoms with Crippen molar-refractivity contribution in [2.24, 2.45) is 0 Å². The number of hydrogen-bond acceptors (Lipinski definition) is 1. The lowest BCUT2D eigenvalue weighted by atomic mass is 9.87. The summed E-state index contributed by atoms with van der Waals surface area (Å²) in [6.07, 6.45) is 1.12. The number of benzene rings is 4. The number of anilines is 1. The van der Waals surface area contributed by atoms with Crippen LogP contribution in [0.15, 0.2) is 72.8 Å². The highest BCUT2D eigenvalue weighted by Gasteiger charge is 2.31. The molecule has 1 atom stereocenters. The van der Waals surface area contributed by atoms with E-state index >= 15 is 0 Å². The fraction of sp³-hybridized carbons (Fsp3) is 0.214. The Bertz CT molecular complexity index is 1220. The molecule has 150 valence electrons. The average molecular weight is 456 g/mol. The Morgan fingerprint density at radius 2 is 1.60 bits per heavy atom. The maximum Gasteiger partial charge on any atom is 0.0352 e. The maximum absolute atomic E-state index is 3.51. The van der Waals surface area contributed by atoms with E-state index in [4.69, 9.17) is 0 Å². The van der Waals surface area contributed by atoms with Gasteiger partial charge >= 0.3 is 0 Å². The lowest BCUT2D eigenvalue weighted by Gasteiger charge is -2.17. The highest BCUT2D eigenvalue weighted by molar-refractivity contribution is 9.09. The predicted octanol–water partition coefficient (Wildman–Crippen LogP) is 7.81. The minimum atomic E-state index is 0.287. The number of rotatable bonds is 5. The van der Waals surface area contributed by atoms with E-state index in [1.54, 1.807) is 0 Å². The molecule has 1 aliphatic rings. The topological polar surface area (TPSA) is 12.0 Å². The summed E-state index contributed by atoms with van der Waals surface area (Å²) in [5.41, 5.74) is 10.9. The number of fused-ring (bicyclic) bond motifs is 5. The number of halogens is 1. The maximum atomic E-state index is 3.51. The van der Waals surface area contributed by atoms with E-state index in [1.165, 1.54) is 55.4 Å². The van der Waals surface area contributed by atoms with Crippen molar-refractivity contribution in [2.75, 3.05) is 17.2 Å². The Morgan fingerprint density at radius 3 is 2.37 bits per heavy atom. The van der Waals surface area contributed by atoms with Gasteiger partial charge in [-0.2, -0.15) is 0 Å². The van der Waals surface area contributed by atoms with Gasteiger partial charge in [0.1, 0.15) is 0 Å². The van der Waals surface area contributed by atoms with Gasteiger partial charge < -0.3 is 5.32 Å². The SMILES string of the molecule is Cc1ccc2c(c1)C(c1ccc(NCCCBr)cc1)c1cc(C)c3ccccc3c1-2. The second kappa shape index (κ2) is 7.92. The minimum Gasteiger partial charge on any atom is -0.385 e. The quantitative estimate of drug-likeness (QED) is 0.210. The molecule has 4 aromatic carbocycles. The zero-order valence-electron chi connectivity index (χ0n) is 17.5. The number of aryl methyl sites for hydroxylation is 2. The van der Waals surface area contributed by atoms with Gasteiger partial charge in [0.05, 0.1) is 0 Å². The second-order valence-corrected chi connectivity index (χ2v) is 9.11. The van der Waals surface area contributed by atoms with Gasteiger partial charge in [-0.25, -0.2) is 0 Å². The third-order valence-corrected chi connectivity index (χ3v) is 6.82. The van der Waals surface area contributed by atoms with Crippen molar-refractivity contribution >= 4 is 32.4 Å². The van der Waals surface area contributed by atoms with Gasteiger partial charge in [-0.3, -0.25) is 0 Å². The zero-order chi connectivity index (χ0) is 20.7. The standard InChI is InChI=1S/C28H26BrN/c1-18-8-13-24-25(16-18)27(20-9-11-21(12-10-20)30-15-5-14-29)26-17-19(2)22-6-3-4-7-23(22)28(24)26/h3-4,6-13,16-17,27,30H,5,14-15H2,1-2H3. The molecule has 0 radical (unpaired) electrons. The fourth-order valence-corrected chi connectivity index (χ4v) is 5.16. The molecule has 0 amide bonds. The van der Waals surface area contributed by atoms with Crippen LogP contribution in [0.2, 0.25) is 0 Å². The van der Waals surface area contributed by atoms with Crippen molar-refractivity contribution in [3.63, 3.8) is 0 Å². The molecule has 1 unspecified atom stereocenters. The van der Waals surface area contributed by atoms with Gasteiger partial charge in [-0.1, -0.05) is 82.2 Å². The van der Waals surface area contributed by atoms with Crippen LogP contribution in [0.25, 0.3) is 21.9 Å². The van der Waals surface area contributed by atoms with Crippen LogP contribution in [0.5, 0.6) is 0 Å². The minimum absolute atomic E-state index is 0.287. The highest BCUT2D eigenvalue weighted by Crippen LogP contribution is 2.51. The summed E-state index contributed by atoms with van der Waals surface area (Å²) in [6.45, 7) is 5.43. The van der Waals surface area contributed by atoms with Crippen molar-refractivity contribution in [3.8, 4) is 11.1 Å². The van der Waals surface area contributed by atoms with Crippen LogP contribution in [0.1, 0.15) is 40.2 Å². The van der Waals surface area contributed by atoms with E-state index in [9.17, 15) is 0 Å². The van der Waals surface area contributed by atoms with E-state index in [0.717, 1.165) is 18.3 Å². The molecule has 1 nitrogen and oxygen atoms in total. The fourth-order valence-electron chi connectivity index (χ4n) is 4.88. The van der Waals surface area contributed by atoms with Crippen molar-refractivity contribution in [2.45, 2.75) is 26.2 Å². The van der Waals surface area contributed by atoms with E-state index in [1.807, 2.05) is 0 Å². The van der Waals surface area contributed by atoms with Gasteiger partial charge in [0.25, 0.3) is 0 Å². The molecule has 0 bridgehead atoms. The molecular formula is C28H26BrN. The summed E-state index contributed by atoms with van der Waals surface area (Å²) < 4.78 is 0. The van der Waals surface area contributed by atoms with Crippen molar-refractivity contribution < 1.29 is 0 Å². The monoisotopic (exact) mass is 455 g/mol. The van der Waals surface area contributed by atoms with Gasteiger partial charge in [0, 0.05) is 23.5 Å². The van der Waals surface area contributed by atoms with Crippen LogP contribution in [0.3, 0.4) is 0 Å². The van der Waals surface area contributed by atoms with E-state index in [2.05, 4.69) is 108 Å². The largest absolute Gasteiger partial charge is 0.385 e. The number of alkyl halides is 1. The van der Waals surface area contributed by atoms with Gasteiger partial charge in [0.15, 0.2) is 0 Å². The molecule has 1 aliphatic carbocycles. The summed E-state index contributed by atoms with van der Waals surface area (Å²) in [6, 6.07) is 27.3. The molecule has 0 saturated heterocycles. The van der Waals surface area contributed by atoms with Crippen LogP contribution in [-0.4, -0.2) is 11.9 Å². The summed E-state index contributed by atoms with van der Waals surface area (Å²) in [7, 11) is 0. The van der Waals surface area contributed by atoms with Crippen LogP contribution < -0.4 is 5.32 Å². The molecule has 0 saturated carbocycles. The van der Waals surface area contributed by atoms with Gasteiger partial charge in [-0.15, -0.1) is 0 Å². The van der Waals surface area contributed by atoms with Gasteiger partial charge in [-0.05, 0) is 76.6 Å².